The number of nitrogens with zero attached hydrogens (tertiary/aromatic N) is 2. The summed E-state index contributed by atoms with van der Waals surface area (Å²) in [6, 6.07) is 13.9. The maximum Gasteiger partial charge on any atom is 0.335 e. The number of hydrogen-bond donors (Lipinski definition) is 3. The van der Waals surface area contributed by atoms with Crippen molar-refractivity contribution in [2.45, 2.75) is 84.8 Å². The molecule has 3 N–H and O–H groups in total. The van der Waals surface area contributed by atoms with E-state index in [1.54, 1.807) is 12.1 Å². The Morgan fingerprint density at radius 3 is 2.52 bits per heavy atom. The first-order valence-corrected chi connectivity index (χ1v) is 16.3. The molecule has 0 saturated carbocycles. The van der Waals surface area contributed by atoms with Crippen molar-refractivity contribution in [2.75, 3.05) is 24.5 Å². The zero-order valence-electron chi connectivity index (χ0n) is 26.9. The molecule has 0 bridgehead atoms. The summed E-state index contributed by atoms with van der Waals surface area (Å²) in [7, 11) is 0. The van der Waals surface area contributed by atoms with Gasteiger partial charge >= 0.3 is 5.97 Å². The lowest BCUT2D eigenvalue weighted by molar-refractivity contribution is -0.0363. The lowest BCUT2D eigenvalue weighted by Crippen LogP contribution is -2.45. The largest absolute Gasteiger partial charge is 0.588 e. The monoisotopic (exact) mass is 622 g/mol. The quantitative estimate of drug-likeness (QED) is 0.192. The van der Waals surface area contributed by atoms with Crippen molar-refractivity contribution in [1.29, 1.82) is 0 Å². The first-order chi connectivity index (χ1) is 20.7. The van der Waals surface area contributed by atoms with Gasteiger partial charge in [-0.3, -0.25) is 0 Å². The van der Waals surface area contributed by atoms with Crippen molar-refractivity contribution < 1.29 is 23.9 Å². The lowest BCUT2D eigenvalue weighted by atomic mass is 9.81. The van der Waals surface area contributed by atoms with Gasteiger partial charge in [0.2, 0.25) is 5.88 Å². The van der Waals surface area contributed by atoms with E-state index in [-0.39, 0.29) is 34.5 Å². The van der Waals surface area contributed by atoms with Crippen molar-refractivity contribution >= 4 is 23.3 Å². The summed E-state index contributed by atoms with van der Waals surface area (Å²) in [4.78, 5) is 21.0. The number of carboxylic acids is 1. The molecule has 1 aromatic heterocycles. The molecule has 2 heterocycles. The van der Waals surface area contributed by atoms with Crippen LogP contribution in [0.4, 0.5) is 5.95 Å². The van der Waals surface area contributed by atoms with Gasteiger partial charge in [-0.25, -0.2) is 9.78 Å². The summed E-state index contributed by atoms with van der Waals surface area (Å²) < 4.78 is 28.5. The number of ether oxygens (including phenoxy) is 2. The number of anilines is 1. The number of rotatable bonds is 12. The third-order valence-electron chi connectivity index (χ3n) is 7.76. The number of benzene rings is 2. The number of aromatic carboxylic acids is 1. The van der Waals surface area contributed by atoms with Gasteiger partial charge in [-0.15, -0.1) is 0 Å². The van der Waals surface area contributed by atoms with Gasteiger partial charge in [-0.2, -0.15) is 9.71 Å². The number of carbonyl (C=O) groups is 1. The molecule has 238 valence electrons. The molecule has 3 unspecified atom stereocenters. The Hall–Kier alpha value is -3.18. The minimum Gasteiger partial charge on any atom is -0.588 e. The average molecular weight is 623 g/mol. The predicted molar refractivity (Wildman–Crippen MR) is 174 cm³/mol. The van der Waals surface area contributed by atoms with E-state index in [0.717, 1.165) is 49.1 Å². The van der Waals surface area contributed by atoms with Gasteiger partial charge in [0.1, 0.15) is 18.0 Å². The van der Waals surface area contributed by atoms with Crippen LogP contribution in [0.5, 0.6) is 5.88 Å². The van der Waals surface area contributed by atoms with Crippen molar-refractivity contribution in [3.05, 3.63) is 65.2 Å². The average Bonchev–Trinajstić information content (AvgIpc) is 2.93. The van der Waals surface area contributed by atoms with Crippen molar-refractivity contribution in [2.24, 2.45) is 10.8 Å². The number of aryl methyl sites for hydroxylation is 2. The summed E-state index contributed by atoms with van der Waals surface area (Å²) >= 11 is -1.80. The first kappa shape index (κ1) is 33.7. The van der Waals surface area contributed by atoms with Crippen LogP contribution in [0.3, 0.4) is 0 Å². The zero-order valence-corrected chi connectivity index (χ0v) is 27.7. The van der Waals surface area contributed by atoms with Crippen LogP contribution >= 0.6 is 0 Å². The normalized spacial score (nSPS) is 18.0. The van der Waals surface area contributed by atoms with Gasteiger partial charge in [0.05, 0.1) is 17.4 Å². The van der Waals surface area contributed by atoms with Crippen molar-refractivity contribution in [3.63, 3.8) is 0 Å². The van der Waals surface area contributed by atoms with E-state index < -0.39 is 17.3 Å². The molecule has 0 radical (unpaired) electrons. The molecule has 2 aromatic carbocycles. The van der Waals surface area contributed by atoms with Crippen LogP contribution in [0.25, 0.3) is 11.3 Å². The molecule has 4 rings (SSSR count). The molecule has 0 amide bonds. The second-order valence-electron chi connectivity index (χ2n) is 13.7. The molecule has 1 aliphatic rings. The Morgan fingerprint density at radius 1 is 1.16 bits per heavy atom. The molecule has 0 aliphatic carbocycles. The van der Waals surface area contributed by atoms with Crippen LogP contribution in [0, 0.1) is 24.7 Å². The van der Waals surface area contributed by atoms with Crippen LogP contribution in [0.1, 0.15) is 75.4 Å². The fourth-order valence-electron chi connectivity index (χ4n) is 5.60. The second kappa shape index (κ2) is 14.3. The third-order valence-corrected chi connectivity index (χ3v) is 8.81. The molecule has 3 aromatic rings. The number of carboxylic acid groups (broad SMARTS) is 1. The SMILES string of the molecule is Cc1cccc(C)c1-c1cc(OCC(CC(C)(C)C)NCC2CC(C)(C)CCO2)nc(N[S+]([O-])c2cccc(C(=O)O)c2)n1. The third kappa shape index (κ3) is 9.66. The molecular formula is C34H46N4O5S. The molecule has 1 aliphatic heterocycles. The highest BCUT2D eigenvalue weighted by molar-refractivity contribution is 7.92. The van der Waals surface area contributed by atoms with E-state index >= 15 is 0 Å². The highest BCUT2D eigenvalue weighted by Crippen LogP contribution is 2.33. The molecule has 9 nitrogen and oxygen atoms in total. The summed E-state index contributed by atoms with van der Waals surface area (Å²) in [5, 5.41) is 13.1. The van der Waals surface area contributed by atoms with E-state index in [0.29, 0.717) is 23.1 Å². The van der Waals surface area contributed by atoms with Gasteiger partial charge in [0.15, 0.2) is 4.90 Å². The first-order valence-electron chi connectivity index (χ1n) is 15.1. The highest BCUT2D eigenvalue weighted by atomic mass is 32.2. The van der Waals surface area contributed by atoms with Gasteiger partial charge in [0.25, 0.3) is 5.95 Å². The Balaban J connectivity index is 1.58. The Kier molecular flexibility index (Phi) is 10.9. The standard InChI is InChI=1S/C34H46N4O5S/c1-22-10-8-11-23(2)30(22)28-17-29(37-32(36-28)38-44(41)27-13-9-12-24(16-27)31(39)40)43-21-25(18-33(3,4)5)35-20-26-19-34(6,7)14-15-42-26/h8-13,16-17,25-26,35H,14-15,18-21H2,1-7H3,(H,39,40)(H,36,37,38). The Labute approximate surface area is 264 Å². The molecule has 1 fully saturated rings. The van der Waals surface area contributed by atoms with Gasteiger partial charge in [0, 0.05) is 36.9 Å². The minimum atomic E-state index is -1.80. The van der Waals surface area contributed by atoms with E-state index in [9.17, 15) is 14.5 Å². The van der Waals surface area contributed by atoms with Crippen LogP contribution in [0.2, 0.25) is 0 Å². The van der Waals surface area contributed by atoms with Gasteiger partial charge in [-0.05, 0) is 67.2 Å². The Morgan fingerprint density at radius 2 is 1.86 bits per heavy atom. The van der Waals surface area contributed by atoms with E-state index in [1.807, 2.05) is 38.1 Å². The van der Waals surface area contributed by atoms with Crippen molar-refractivity contribution in [3.8, 4) is 17.1 Å². The molecule has 0 spiro atoms. The van der Waals surface area contributed by atoms with E-state index in [4.69, 9.17) is 14.5 Å². The maximum atomic E-state index is 13.3. The van der Waals surface area contributed by atoms with Crippen LogP contribution in [-0.2, 0) is 16.1 Å². The molecule has 1 saturated heterocycles. The number of nitrogens with one attached hydrogen (secondary N) is 2. The minimum absolute atomic E-state index is 0.0476. The van der Waals surface area contributed by atoms with Gasteiger partial charge < -0.3 is 24.4 Å². The lowest BCUT2D eigenvalue weighted by Gasteiger charge is -2.36. The Bertz CT molecular complexity index is 1420. The topological polar surface area (TPSA) is 129 Å². The summed E-state index contributed by atoms with van der Waals surface area (Å²) in [5.41, 5.74) is 4.05. The predicted octanol–water partition coefficient (Wildman–Crippen LogP) is 6.57. The fourth-order valence-corrected chi connectivity index (χ4v) is 6.41. The maximum absolute atomic E-state index is 13.3. The number of aromatic nitrogens is 2. The smallest absolute Gasteiger partial charge is 0.335 e. The van der Waals surface area contributed by atoms with Crippen LogP contribution < -0.4 is 14.8 Å². The molecule has 3 atom stereocenters. The summed E-state index contributed by atoms with van der Waals surface area (Å²) in [6.45, 7) is 17.2. The van der Waals surface area contributed by atoms with Gasteiger partial charge in [-0.1, -0.05) is 58.9 Å². The van der Waals surface area contributed by atoms with E-state index in [1.165, 1.54) is 12.1 Å². The molecule has 44 heavy (non-hydrogen) atoms. The summed E-state index contributed by atoms with van der Waals surface area (Å²) in [5.74, 6) is -0.616. The van der Waals surface area contributed by atoms with Crippen LogP contribution in [-0.4, -0.2) is 57.5 Å². The highest BCUT2D eigenvalue weighted by Gasteiger charge is 2.30. The molecular weight excluding hydrogens is 576 g/mol. The van der Waals surface area contributed by atoms with Crippen LogP contribution in [0.15, 0.2) is 53.4 Å². The van der Waals surface area contributed by atoms with E-state index in [2.05, 4.69) is 49.6 Å². The number of hydrogen-bond acceptors (Lipinski definition) is 8. The van der Waals surface area contributed by atoms with Crippen molar-refractivity contribution in [1.82, 2.24) is 15.3 Å². The zero-order chi connectivity index (χ0) is 32.1. The summed E-state index contributed by atoms with van der Waals surface area (Å²) in [6.07, 6.45) is 3.12. The fraction of sp³-hybridized carbons (Fsp3) is 0.500. The molecule has 10 heteroatoms. The second-order valence-corrected chi connectivity index (χ2v) is 14.9.